The lowest BCUT2D eigenvalue weighted by atomic mass is 9.88. The standard InChI is InChI=1S/C27H49N6/c1-22(14-19-33(6)17-7-8-18-33)21-30-25(28)31-26(29)32(5)16-13-24-11-9-10-23(20-24)12-15-27(2,3)4/h9-11,20,22H,7-8,12-19,21H2,1-6H3,(H4,28,29,30,31)/q+1. The Morgan fingerprint density at radius 3 is 2.39 bits per heavy atom. The Balaban J connectivity index is 1.78. The molecule has 6 nitrogen and oxygen atoms in total. The van der Waals surface area contributed by atoms with Gasteiger partial charge in [-0.1, -0.05) is 52.0 Å². The van der Waals surface area contributed by atoms with E-state index in [2.05, 4.69) is 69.0 Å². The van der Waals surface area contributed by atoms with Gasteiger partial charge in [-0.05, 0) is 41.7 Å². The van der Waals surface area contributed by atoms with Crippen LogP contribution in [0.4, 0.5) is 0 Å². The van der Waals surface area contributed by atoms with Crippen LogP contribution in [0.15, 0.2) is 34.3 Å². The molecular weight excluding hydrogens is 408 g/mol. The van der Waals surface area contributed by atoms with Crippen molar-refractivity contribution < 1.29 is 4.48 Å². The van der Waals surface area contributed by atoms with E-state index in [0.717, 1.165) is 19.4 Å². The van der Waals surface area contributed by atoms with Crippen LogP contribution in [0.5, 0.6) is 0 Å². The third kappa shape index (κ3) is 10.6. The predicted molar refractivity (Wildman–Crippen MR) is 142 cm³/mol. The van der Waals surface area contributed by atoms with E-state index in [9.17, 15) is 0 Å². The number of nitrogens with zero attached hydrogens (tertiary/aromatic N) is 4. The molecule has 0 bridgehead atoms. The fraction of sp³-hybridized carbons (Fsp3) is 0.704. The number of hydrogen-bond donors (Lipinski definition) is 2. The van der Waals surface area contributed by atoms with Crippen LogP contribution in [0, 0.1) is 11.3 Å². The van der Waals surface area contributed by atoms with Gasteiger partial charge >= 0.3 is 0 Å². The minimum absolute atomic E-state index is 0.275. The first-order valence-corrected chi connectivity index (χ1v) is 12.7. The van der Waals surface area contributed by atoms with Gasteiger partial charge in [0.25, 0.3) is 0 Å². The topological polar surface area (TPSA) is 80.0 Å². The molecule has 0 aromatic heterocycles. The Bertz CT molecular complexity index is 786. The van der Waals surface area contributed by atoms with E-state index in [1.165, 1.54) is 60.9 Å². The minimum atomic E-state index is 0.275. The first kappa shape index (κ1) is 27.2. The third-order valence-electron chi connectivity index (χ3n) is 6.88. The van der Waals surface area contributed by atoms with E-state index < -0.39 is 0 Å². The molecule has 0 saturated carbocycles. The normalized spacial score (nSPS) is 17.9. The highest BCUT2D eigenvalue weighted by molar-refractivity contribution is 5.93. The summed E-state index contributed by atoms with van der Waals surface area (Å²) < 4.78 is 1.21. The SMILES string of the molecule is CC(CC[N+]1(C)CCCC1)CN=C(N)N=C(N)N(C)CCc1cccc(CCC(C)(C)C)c1. The van der Waals surface area contributed by atoms with Gasteiger partial charge in [0.15, 0.2) is 5.96 Å². The van der Waals surface area contributed by atoms with Gasteiger partial charge in [-0.3, -0.25) is 4.99 Å². The number of nitrogens with two attached hydrogens (primary N) is 2. The summed E-state index contributed by atoms with van der Waals surface area (Å²) in [6, 6.07) is 8.88. The molecule has 1 saturated heterocycles. The molecule has 1 aliphatic heterocycles. The van der Waals surface area contributed by atoms with E-state index >= 15 is 0 Å². The van der Waals surface area contributed by atoms with Gasteiger partial charge < -0.3 is 20.9 Å². The van der Waals surface area contributed by atoms with Crippen LogP contribution in [0.25, 0.3) is 0 Å². The number of guanidine groups is 2. The van der Waals surface area contributed by atoms with E-state index in [1.807, 2.05) is 11.9 Å². The molecule has 2 rings (SSSR count). The van der Waals surface area contributed by atoms with Gasteiger partial charge in [-0.25, -0.2) is 0 Å². The maximum Gasteiger partial charge on any atom is 0.218 e. The number of rotatable bonds is 10. The molecule has 0 radical (unpaired) electrons. The molecule has 1 heterocycles. The molecule has 1 aromatic rings. The summed E-state index contributed by atoms with van der Waals surface area (Å²) in [5.74, 6) is 1.19. The summed E-state index contributed by atoms with van der Waals surface area (Å²) >= 11 is 0. The molecule has 0 amide bonds. The Hall–Kier alpha value is -2.08. The van der Waals surface area contributed by atoms with Crippen molar-refractivity contribution in [2.75, 3.05) is 46.8 Å². The van der Waals surface area contributed by atoms with Crippen molar-refractivity contribution in [2.45, 2.75) is 66.2 Å². The van der Waals surface area contributed by atoms with Gasteiger partial charge in [-0.15, -0.1) is 0 Å². The summed E-state index contributed by atoms with van der Waals surface area (Å²) in [4.78, 5) is 10.8. The molecular formula is C27H49N6+. The molecule has 1 atom stereocenters. The number of hydrogen-bond acceptors (Lipinski definition) is 1. The fourth-order valence-electron chi connectivity index (χ4n) is 4.30. The van der Waals surface area contributed by atoms with Gasteiger partial charge in [0.1, 0.15) is 0 Å². The second-order valence-electron chi connectivity index (χ2n) is 11.6. The molecule has 1 unspecified atom stereocenters. The lowest BCUT2D eigenvalue weighted by molar-refractivity contribution is -0.898. The summed E-state index contributed by atoms with van der Waals surface area (Å²) in [5, 5.41) is 0. The number of aliphatic imine (C=N–C) groups is 2. The predicted octanol–water partition coefficient (Wildman–Crippen LogP) is 4.04. The Labute approximate surface area is 202 Å². The molecule has 0 spiro atoms. The molecule has 6 heteroatoms. The minimum Gasteiger partial charge on any atom is -0.369 e. The first-order valence-electron chi connectivity index (χ1n) is 12.7. The zero-order valence-electron chi connectivity index (χ0n) is 22.1. The molecule has 186 valence electrons. The van der Waals surface area contributed by atoms with Crippen LogP contribution < -0.4 is 11.5 Å². The highest BCUT2D eigenvalue weighted by atomic mass is 15.3. The van der Waals surface area contributed by atoms with Crippen molar-refractivity contribution in [1.82, 2.24) is 4.90 Å². The molecule has 0 aliphatic carbocycles. The van der Waals surface area contributed by atoms with Crippen molar-refractivity contribution in [3.63, 3.8) is 0 Å². The smallest absolute Gasteiger partial charge is 0.218 e. The zero-order chi connectivity index (χ0) is 24.5. The lowest BCUT2D eigenvalue weighted by Crippen LogP contribution is -2.42. The van der Waals surface area contributed by atoms with Crippen LogP contribution in [0.3, 0.4) is 0 Å². The van der Waals surface area contributed by atoms with E-state index in [4.69, 9.17) is 11.5 Å². The van der Waals surface area contributed by atoms with Crippen molar-refractivity contribution in [3.05, 3.63) is 35.4 Å². The quantitative estimate of drug-likeness (QED) is 0.316. The van der Waals surface area contributed by atoms with Crippen LogP contribution >= 0.6 is 0 Å². The lowest BCUT2D eigenvalue weighted by Gasteiger charge is -2.30. The van der Waals surface area contributed by atoms with Gasteiger partial charge in [0.05, 0.1) is 26.7 Å². The second-order valence-corrected chi connectivity index (χ2v) is 11.6. The molecule has 33 heavy (non-hydrogen) atoms. The summed E-state index contributed by atoms with van der Waals surface area (Å²) in [6.07, 6.45) is 7.11. The number of likely N-dealkylation sites (tertiary alicyclic amines) is 1. The number of quaternary nitrogens is 1. The Kier molecular flexibility index (Phi) is 10.2. The number of likely N-dealkylation sites (N-methyl/N-ethyl adjacent to an activating group) is 1. The first-order chi connectivity index (χ1) is 15.5. The van der Waals surface area contributed by atoms with E-state index in [1.54, 1.807) is 0 Å². The maximum atomic E-state index is 6.19. The van der Waals surface area contributed by atoms with Crippen molar-refractivity contribution in [1.29, 1.82) is 0 Å². The number of benzene rings is 1. The summed E-state index contributed by atoms with van der Waals surface area (Å²) in [7, 11) is 4.33. The molecule has 1 aliphatic rings. The van der Waals surface area contributed by atoms with Gasteiger partial charge in [0, 0.05) is 39.4 Å². The van der Waals surface area contributed by atoms with Crippen molar-refractivity contribution in [2.24, 2.45) is 32.8 Å². The Morgan fingerprint density at radius 1 is 1.12 bits per heavy atom. The second kappa shape index (κ2) is 12.4. The zero-order valence-corrected chi connectivity index (χ0v) is 22.1. The molecule has 1 aromatic carbocycles. The highest BCUT2D eigenvalue weighted by Crippen LogP contribution is 2.22. The van der Waals surface area contributed by atoms with Crippen LogP contribution in [0.1, 0.15) is 64.5 Å². The fourth-order valence-corrected chi connectivity index (χ4v) is 4.30. The van der Waals surface area contributed by atoms with Crippen LogP contribution in [-0.2, 0) is 12.8 Å². The molecule has 4 N–H and O–H groups in total. The summed E-state index contributed by atoms with van der Waals surface area (Å²) in [6.45, 7) is 14.5. The average Bonchev–Trinajstić information content (AvgIpc) is 3.19. The van der Waals surface area contributed by atoms with E-state index in [0.29, 0.717) is 23.8 Å². The van der Waals surface area contributed by atoms with Gasteiger partial charge in [0.2, 0.25) is 5.96 Å². The van der Waals surface area contributed by atoms with Crippen molar-refractivity contribution >= 4 is 11.9 Å². The molecule has 1 fully saturated rings. The van der Waals surface area contributed by atoms with Crippen LogP contribution in [-0.4, -0.2) is 68.1 Å². The monoisotopic (exact) mass is 457 g/mol. The van der Waals surface area contributed by atoms with E-state index in [-0.39, 0.29) is 5.96 Å². The maximum absolute atomic E-state index is 6.19. The largest absolute Gasteiger partial charge is 0.369 e. The average molecular weight is 458 g/mol. The van der Waals surface area contributed by atoms with Gasteiger partial charge in [-0.2, -0.15) is 4.99 Å². The summed E-state index contributed by atoms with van der Waals surface area (Å²) in [5.41, 5.74) is 15.3. The Morgan fingerprint density at radius 2 is 1.76 bits per heavy atom. The third-order valence-corrected chi connectivity index (χ3v) is 6.88. The highest BCUT2D eigenvalue weighted by Gasteiger charge is 2.26. The number of aryl methyl sites for hydroxylation is 1. The van der Waals surface area contributed by atoms with Crippen molar-refractivity contribution in [3.8, 4) is 0 Å². The van der Waals surface area contributed by atoms with Crippen LogP contribution in [0.2, 0.25) is 0 Å².